The van der Waals surface area contributed by atoms with Gasteiger partial charge in [-0.2, -0.15) is 0 Å². The molecule has 0 aliphatic heterocycles. The maximum atomic E-state index is 11.8. The molecule has 8 nitrogen and oxygen atoms in total. The molecule has 0 amide bonds. The van der Waals surface area contributed by atoms with Crippen molar-refractivity contribution in [1.29, 1.82) is 0 Å². The minimum absolute atomic E-state index is 0.286. The van der Waals surface area contributed by atoms with Crippen molar-refractivity contribution in [2.45, 2.75) is 77.5 Å². The van der Waals surface area contributed by atoms with Crippen LogP contribution in [0.15, 0.2) is 0 Å². The minimum Gasteiger partial charge on any atom is -0.459 e. The molecule has 0 aromatic heterocycles. The Morgan fingerprint density at radius 2 is 1.00 bits per heavy atom. The molecule has 10 heteroatoms. The third-order valence-corrected chi connectivity index (χ3v) is 5.98. The zero-order valence-electron chi connectivity index (χ0n) is 17.4. The number of thioether (sulfide) groups is 2. The van der Waals surface area contributed by atoms with Gasteiger partial charge in [0, 0.05) is 27.7 Å². The first-order valence-electron chi connectivity index (χ1n) is 8.95. The van der Waals surface area contributed by atoms with E-state index in [4.69, 9.17) is 18.9 Å². The highest BCUT2D eigenvalue weighted by Gasteiger charge is 2.45. The Labute approximate surface area is 174 Å². The van der Waals surface area contributed by atoms with Crippen molar-refractivity contribution in [3.63, 3.8) is 0 Å². The van der Waals surface area contributed by atoms with Crippen LogP contribution in [0.4, 0.5) is 0 Å². The van der Waals surface area contributed by atoms with Crippen LogP contribution in [0, 0.1) is 0 Å². The molecule has 0 unspecified atom stereocenters. The van der Waals surface area contributed by atoms with Crippen molar-refractivity contribution < 1.29 is 38.1 Å². The first kappa shape index (κ1) is 26.6. The molecular formula is C18H30O8S2. The summed E-state index contributed by atoms with van der Waals surface area (Å²) in [6, 6.07) is 0. The van der Waals surface area contributed by atoms with E-state index in [0.717, 1.165) is 11.5 Å². The van der Waals surface area contributed by atoms with Crippen molar-refractivity contribution in [3.05, 3.63) is 0 Å². The number of rotatable bonds is 12. The van der Waals surface area contributed by atoms with Gasteiger partial charge in [0.05, 0.1) is 4.58 Å². The van der Waals surface area contributed by atoms with Crippen molar-refractivity contribution in [3.8, 4) is 0 Å². The molecule has 0 saturated carbocycles. The monoisotopic (exact) mass is 438 g/mol. The third-order valence-electron chi connectivity index (χ3n) is 3.30. The standard InChI is InChI=1S/C18H30O8S2/c1-8-27-18(28-9-2)17(26-14(7)22)16(25-13(6)21)15(24-12(5)20)10(3)23-11(4)19/h10,15-18H,8-9H2,1-7H3/t10-,15-,16-,17-/m1/s1. The van der Waals surface area contributed by atoms with E-state index in [0.29, 0.717) is 0 Å². The summed E-state index contributed by atoms with van der Waals surface area (Å²) < 4.78 is 21.2. The molecule has 0 aromatic rings. The number of ether oxygens (including phenoxy) is 4. The van der Waals surface area contributed by atoms with E-state index in [1.807, 2.05) is 13.8 Å². The number of hydrogen-bond donors (Lipinski definition) is 0. The molecule has 0 aliphatic rings. The van der Waals surface area contributed by atoms with Crippen LogP contribution < -0.4 is 0 Å². The molecule has 0 N–H and O–H groups in total. The predicted molar refractivity (Wildman–Crippen MR) is 108 cm³/mol. The van der Waals surface area contributed by atoms with Crippen LogP contribution in [0.2, 0.25) is 0 Å². The van der Waals surface area contributed by atoms with Crippen LogP contribution in [0.5, 0.6) is 0 Å². The highest BCUT2D eigenvalue weighted by molar-refractivity contribution is 8.17. The van der Waals surface area contributed by atoms with Crippen molar-refractivity contribution in [1.82, 2.24) is 0 Å². The van der Waals surface area contributed by atoms with E-state index in [-0.39, 0.29) is 4.58 Å². The SMILES string of the molecule is CCSC(SCC)[C@H](OC(C)=O)[C@H](OC(C)=O)[C@H](OC(C)=O)[C@@H](C)OC(C)=O. The molecule has 0 aliphatic carbocycles. The number of esters is 4. The average Bonchev–Trinajstić information content (AvgIpc) is 2.54. The molecule has 0 heterocycles. The summed E-state index contributed by atoms with van der Waals surface area (Å²) in [6.45, 7) is 10.3. The van der Waals surface area contributed by atoms with E-state index >= 15 is 0 Å². The number of carbonyl (C=O) groups is 4. The summed E-state index contributed by atoms with van der Waals surface area (Å²) >= 11 is 3.03. The fourth-order valence-electron chi connectivity index (χ4n) is 2.50. The Hall–Kier alpha value is -1.42. The second-order valence-electron chi connectivity index (χ2n) is 5.82. The molecule has 0 spiro atoms. The predicted octanol–water partition coefficient (Wildman–Crippen LogP) is 2.57. The van der Waals surface area contributed by atoms with Crippen LogP contribution in [-0.2, 0) is 38.1 Å². The van der Waals surface area contributed by atoms with Crippen LogP contribution in [0.25, 0.3) is 0 Å². The second kappa shape index (κ2) is 13.7. The summed E-state index contributed by atoms with van der Waals surface area (Å²) in [5, 5.41) is 0. The van der Waals surface area contributed by atoms with Gasteiger partial charge in [0.1, 0.15) is 6.10 Å². The highest BCUT2D eigenvalue weighted by Crippen LogP contribution is 2.33. The van der Waals surface area contributed by atoms with Crippen LogP contribution >= 0.6 is 23.5 Å². The van der Waals surface area contributed by atoms with Gasteiger partial charge in [0.2, 0.25) is 0 Å². The smallest absolute Gasteiger partial charge is 0.303 e. The second-order valence-corrected chi connectivity index (χ2v) is 8.95. The lowest BCUT2D eigenvalue weighted by Gasteiger charge is -2.37. The lowest BCUT2D eigenvalue weighted by atomic mass is 10.0. The Balaban J connectivity index is 6.15. The Morgan fingerprint density at radius 1 is 0.643 bits per heavy atom. The first-order valence-corrected chi connectivity index (χ1v) is 11.0. The minimum atomic E-state index is -1.15. The molecule has 0 rings (SSSR count). The first-order chi connectivity index (χ1) is 13.0. The quantitative estimate of drug-likeness (QED) is 0.256. The molecule has 28 heavy (non-hydrogen) atoms. The Bertz CT molecular complexity index is 534. The van der Waals surface area contributed by atoms with Gasteiger partial charge >= 0.3 is 23.9 Å². The normalized spacial score (nSPS) is 15.1. The third kappa shape index (κ3) is 10.2. The van der Waals surface area contributed by atoms with Gasteiger partial charge in [-0.25, -0.2) is 0 Å². The summed E-state index contributed by atoms with van der Waals surface area (Å²) in [7, 11) is 0. The fourth-order valence-corrected chi connectivity index (χ4v) is 5.16. The Kier molecular flexibility index (Phi) is 13.0. The van der Waals surface area contributed by atoms with Gasteiger partial charge in [-0.1, -0.05) is 13.8 Å². The summed E-state index contributed by atoms with van der Waals surface area (Å²) in [5.41, 5.74) is 0. The zero-order valence-corrected chi connectivity index (χ0v) is 19.0. The van der Waals surface area contributed by atoms with E-state index in [1.165, 1.54) is 58.1 Å². The van der Waals surface area contributed by atoms with Crippen molar-refractivity contribution in [2.75, 3.05) is 11.5 Å². The average molecular weight is 439 g/mol. The molecular weight excluding hydrogens is 408 g/mol. The largest absolute Gasteiger partial charge is 0.459 e. The van der Waals surface area contributed by atoms with Crippen molar-refractivity contribution in [2.24, 2.45) is 0 Å². The van der Waals surface area contributed by atoms with Crippen LogP contribution in [-0.4, -0.2) is 64.4 Å². The molecule has 0 saturated heterocycles. The maximum Gasteiger partial charge on any atom is 0.303 e. The molecule has 4 atom stereocenters. The Morgan fingerprint density at radius 3 is 1.36 bits per heavy atom. The maximum absolute atomic E-state index is 11.8. The lowest BCUT2D eigenvalue weighted by Crippen LogP contribution is -2.53. The lowest BCUT2D eigenvalue weighted by molar-refractivity contribution is -0.195. The number of hydrogen-bond acceptors (Lipinski definition) is 10. The van der Waals surface area contributed by atoms with Crippen LogP contribution in [0.3, 0.4) is 0 Å². The van der Waals surface area contributed by atoms with Gasteiger partial charge in [0.15, 0.2) is 18.3 Å². The number of carbonyl (C=O) groups excluding carboxylic acids is 4. The van der Waals surface area contributed by atoms with E-state index in [1.54, 1.807) is 0 Å². The molecule has 0 radical (unpaired) electrons. The topological polar surface area (TPSA) is 105 Å². The van der Waals surface area contributed by atoms with E-state index in [2.05, 4.69) is 0 Å². The van der Waals surface area contributed by atoms with E-state index < -0.39 is 48.3 Å². The van der Waals surface area contributed by atoms with Gasteiger partial charge in [-0.3, -0.25) is 19.2 Å². The van der Waals surface area contributed by atoms with Crippen molar-refractivity contribution >= 4 is 47.4 Å². The van der Waals surface area contributed by atoms with Gasteiger partial charge in [0.25, 0.3) is 0 Å². The summed E-state index contributed by atoms with van der Waals surface area (Å²) in [6.07, 6.45) is -4.14. The molecule has 0 bridgehead atoms. The van der Waals surface area contributed by atoms with E-state index in [9.17, 15) is 19.2 Å². The van der Waals surface area contributed by atoms with Crippen LogP contribution in [0.1, 0.15) is 48.5 Å². The van der Waals surface area contributed by atoms with Gasteiger partial charge < -0.3 is 18.9 Å². The zero-order chi connectivity index (χ0) is 21.9. The molecule has 0 aromatic carbocycles. The summed E-state index contributed by atoms with van der Waals surface area (Å²) in [4.78, 5) is 46.7. The molecule has 0 fully saturated rings. The van der Waals surface area contributed by atoms with Gasteiger partial charge in [-0.15, -0.1) is 23.5 Å². The summed E-state index contributed by atoms with van der Waals surface area (Å²) in [5.74, 6) is -0.999. The fraction of sp³-hybridized carbons (Fsp3) is 0.778. The molecule has 162 valence electrons. The van der Waals surface area contributed by atoms with Gasteiger partial charge in [-0.05, 0) is 18.4 Å². The highest BCUT2D eigenvalue weighted by atomic mass is 32.2.